The van der Waals surface area contributed by atoms with E-state index in [2.05, 4.69) is 265 Å². The molecule has 20 heteroatoms. The summed E-state index contributed by atoms with van der Waals surface area (Å²) < 4.78 is 42.8. The van der Waals surface area contributed by atoms with Gasteiger partial charge in [0.15, 0.2) is 22.9 Å². The number of esters is 1. The van der Waals surface area contributed by atoms with E-state index < -0.39 is 81.8 Å². The molecule has 0 aromatic heterocycles. The van der Waals surface area contributed by atoms with E-state index in [4.69, 9.17) is 37.9 Å². The Hall–Kier alpha value is -6.77. The Labute approximate surface area is 837 Å². The summed E-state index contributed by atoms with van der Waals surface area (Å²) in [6.07, 6.45) is 10.6. The SMILES string of the molecule is CC(C)(C)C#CC1(O)CCC1.CC(C)(C)C#CC1(O)CCCC1.CC(C)(C)C#CC1(O)CCOCC1.CC(C)(C)C#CC1(O)COC1.CC(C)(C)C#CCN1CCCC1.CC(C)(C)C#CCN1CCOCC1.CC(C)(C)C#C[C@@]1(O)CO[C@@H]2[C@@H](O)CO[C@@H]21.CC(C)(C)C#C[C@@]1(O)CO[C@@H]2[C@@H](OC(=O)c3ccccc3)CO[C@@H]21.CC(C)(C)C#Cc1ccc2c(c1)CNCC2.CC(C)(C)CCC(C)(C)O. The van der Waals surface area contributed by atoms with Gasteiger partial charge in [-0.25, -0.2) is 4.79 Å². The summed E-state index contributed by atoms with van der Waals surface area (Å²) in [7, 11) is 0. The first kappa shape index (κ1) is 124. The molecule has 0 spiro atoms. The monoisotopic (exact) mass is 1910 g/mol. The molecule has 2 aromatic rings. The maximum atomic E-state index is 12.2. The van der Waals surface area contributed by atoms with Crippen molar-refractivity contribution in [1.82, 2.24) is 15.1 Å². The molecule has 10 fully saturated rings. The van der Waals surface area contributed by atoms with Crippen LogP contribution < -0.4 is 5.32 Å². The van der Waals surface area contributed by atoms with Crippen LogP contribution in [0.1, 0.15) is 332 Å². The molecular formula is C118H183N3O17. The van der Waals surface area contributed by atoms with Gasteiger partial charge in [0, 0.05) is 86.8 Å². The van der Waals surface area contributed by atoms with E-state index in [0.29, 0.717) is 50.2 Å². The number of fused-ring (bicyclic) bond motifs is 3. The molecular weight excluding hydrogens is 1730 g/mol. The molecule has 11 aliphatic rings. The molecule has 2 aliphatic carbocycles. The highest BCUT2D eigenvalue weighted by atomic mass is 16.6. The topological polar surface area (TPSA) is 271 Å². The van der Waals surface area contributed by atoms with Gasteiger partial charge in [0.05, 0.1) is 90.3 Å². The van der Waals surface area contributed by atoms with Crippen LogP contribution in [0.4, 0.5) is 0 Å². The van der Waals surface area contributed by atoms with Crippen LogP contribution in [-0.4, -0.2) is 244 Å². The van der Waals surface area contributed by atoms with Crippen molar-refractivity contribution in [1.29, 1.82) is 0 Å². The summed E-state index contributed by atoms with van der Waals surface area (Å²) in [5.41, 5.74) is -1.32. The average Bonchev–Trinajstić information content (AvgIpc) is 1.62. The largest absolute Gasteiger partial charge is 0.453 e. The fraction of sp³-hybridized carbons (Fsp3) is 0.737. The highest BCUT2D eigenvalue weighted by Crippen LogP contribution is 2.39. The molecule has 9 aliphatic heterocycles. The molecule has 8 atom stereocenters. The smallest absolute Gasteiger partial charge is 0.338 e. The van der Waals surface area contributed by atoms with Crippen LogP contribution in [0.15, 0.2) is 48.5 Å². The second-order valence-electron chi connectivity index (χ2n) is 49.8. The summed E-state index contributed by atoms with van der Waals surface area (Å²) in [6.45, 7) is 78.7. The Bertz CT molecular complexity index is 4600. The van der Waals surface area contributed by atoms with Crippen molar-refractivity contribution >= 4 is 5.97 Å². The van der Waals surface area contributed by atoms with Gasteiger partial charge in [0.2, 0.25) is 0 Å². The number of nitrogens with zero attached hydrogens (tertiary/aromatic N) is 2. The lowest BCUT2D eigenvalue weighted by molar-refractivity contribution is -0.141. The van der Waals surface area contributed by atoms with Crippen molar-refractivity contribution in [3.8, 4) is 107 Å². The second-order valence-corrected chi connectivity index (χ2v) is 49.8. The van der Waals surface area contributed by atoms with E-state index in [-0.39, 0.29) is 75.2 Å². The molecule has 2 aromatic carbocycles. The number of rotatable bonds is 6. The van der Waals surface area contributed by atoms with Crippen LogP contribution in [0, 0.1) is 161 Å². The molecule has 0 unspecified atom stereocenters. The number of benzene rings is 2. The van der Waals surface area contributed by atoms with Crippen molar-refractivity contribution in [3.63, 3.8) is 0 Å². The van der Waals surface area contributed by atoms with Crippen LogP contribution in [0.5, 0.6) is 0 Å². The van der Waals surface area contributed by atoms with Gasteiger partial charge in [-0.3, -0.25) is 9.80 Å². The van der Waals surface area contributed by atoms with Crippen LogP contribution in [0.25, 0.3) is 0 Å². The number of hydrogen-bond acceptors (Lipinski definition) is 20. The van der Waals surface area contributed by atoms with Gasteiger partial charge < -0.3 is 84.1 Å². The summed E-state index contributed by atoms with van der Waals surface area (Å²) in [5, 5.41) is 82.3. The van der Waals surface area contributed by atoms with Gasteiger partial charge in [-0.2, -0.15) is 0 Å². The molecule has 772 valence electrons. The molecule has 9 N–H and O–H groups in total. The molecule has 2 saturated carbocycles. The van der Waals surface area contributed by atoms with Gasteiger partial charge in [0.1, 0.15) is 47.3 Å². The summed E-state index contributed by atoms with van der Waals surface area (Å²) in [6, 6.07) is 15.4. The minimum absolute atomic E-state index is 0.0122. The first-order valence-corrected chi connectivity index (χ1v) is 50.4. The zero-order valence-corrected chi connectivity index (χ0v) is 91.4. The predicted molar refractivity (Wildman–Crippen MR) is 557 cm³/mol. The Balaban J connectivity index is 0.000000324. The van der Waals surface area contributed by atoms with E-state index in [1.807, 2.05) is 103 Å². The van der Waals surface area contributed by atoms with E-state index in [1.54, 1.807) is 24.3 Å². The molecule has 9 heterocycles. The molecule has 0 radical (unpaired) electrons. The highest BCUT2D eigenvalue weighted by Gasteiger charge is 2.58. The van der Waals surface area contributed by atoms with E-state index in [9.17, 15) is 45.6 Å². The number of nitrogens with one attached hydrogen (secondary N) is 1. The van der Waals surface area contributed by atoms with Gasteiger partial charge in [-0.15, -0.1) is 0 Å². The Morgan fingerprint density at radius 1 is 0.413 bits per heavy atom. The van der Waals surface area contributed by atoms with Crippen LogP contribution in [0.2, 0.25) is 0 Å². The summed E-state index contributed by atoms with van der Waals surface area (Å²) in [4.78, 5) is 16.9. The summed E-state index contributed by atoms with van der Waals surface area (Å²) in [5.74, 6) is 54.8. The van der Waals surface area contributed by atoms with Crippen LogP contribution in [0.3, 0.4) is 0 Å². The molecule has 20 nitrogen and oxygen atoms in total. The number of ether oxygens (including phenoxy) is 8. The third kappa shape index (κ3) is 54.1. The first-order chi connectivity index (χ1) is 63.2. The quantitative estimate of drug-likeness (QED) is 0.0961. The number of carbonyl (C=O) groups excluding carboxylic acids is 1. The van der Waals surface area contributed by atoms with Gasteiger partial charge in [-0.05, 0) is 338 Å². The van der Waals surface area contributed by atoms with Crippen LogP contribution in [-0.2, 0) is 50.9 Å². The number of aliphatic hydroxyl groups is 8. The van der Waals surface area contributed by atoms with Crippen molar-refractivity contribution in [2.45, 2.75) is 394 Å². The number of carbonyl (C=O) groups is 1. The number of likely N-dealkylation sites (tertiary alicyclic amines) is 1. The standard InChI is InChI=1S/C19H22O5.C15H19N.C12H18O4.C11H19NO.C11H19N.C11H18O2.C11H18O.C10H16O.C9H14O2.C9H20O/c1-18(2,3)9-10-19(21)12-23-15-14(11-22-16(15)19)24-17(20)13-7-5-4-6-8-13;1-15(2,3)8-6-12-4-5-13-7-9-16-11-14(13)10-12;1-11(2,3)4-5-12(14)7-16-9-8(13)6-15-10(9)12;1-11(2,3)5-4-6-12-7-9-13-10-8-12;1-11(2,3)7-6-10-12-8-4-5-9-12;1-10(2,3)4-5-11(12)6-8-13-9-7-11;1-10(2,3)8-9-11(12)6-4-5-7-11;1-9(2,3)7-8-10(11)5-4-6-10;1-8(2,3)4-5-9(10)6-11-7-9;1-8(2,3)6-7-9(4,5)10/h4-8,14-16,21H,11-12H2,1-3H3;4-5,10,16H,7,9,11H2,1-3H3;8-10,13-14H,6-7H2,1-3H3;6-10H2,1-3H3;4-5,8-10H2,1-3H3;12H,6-9H2,1-3H3;12H,4-7H2,1-3H3;11H,4-6H2,1-3H3;10H,6-7H2,1-3H3;10H,6-7H2,1-5H3/t14-,15+,16-,19+;;8-,9+,10-,12+;;;;;;;/m0.0......./s1. The molecule has 8 saturated heterocycles. The van der Waals surface area contributed by atoms with Crippen LogP contribution >= 0.6 is 0 Å². The van der Waals surface area contributed by atoms with Gasteiger partial charge in [-0.1, -0.05) is 152 Å². The molecule has 13 rings (SSSR count). The molecule has 0 amide bonds. The van der Waals surface area contributed by atoms with E-state index >= 15 is 0 Å². The molecule has 0 bridgehead atoms. The summed E-state index contributed by atoms with van der Waals surface area (Å²) >= 11 is 0. The van der Waals surface area contributed by atoms with Crippen molar-refractivity contribution in [2.75, 3.05) is 112 Å². The van der Waals surface area contributed by atoms with Gasteiger partial charge in [0.25, 0.3) is 0 Å². The maximum absolute atomic E-state index is 12.2. The minimum atomic E-state index is -1.37. The van der Waals surface area contributed by atoms with Gasteiger partial charge >= 0.3 is 5.97 Å². The fourth-order valence-corrected chi connectivity index (χ4v) is 13.9. The number of morpholine rings is 1. The Kier molecular flexibility index (Phi) is 48.1. The average molecular weight is 1920 g/mol. The predicted octanol–water partition coefficient (Wildman–Crippen LogP) is 17.2. The lowest BCUT2D eigenvalue weighted by Gasteiger charge is -2.31. The minimum Gasteiger partial charge on any atom is -0.453 e. The van der Waals surface area contributed by atoms with Crippen molar-refractivity contribution in [2.24, 2.45) is 54.1 Å². The number of hydrogen-bond donors (Lipinski definition) is 9. The lowest BCUT2D eigenvalue weighted by Crippen LogP contribution is -2.48. The van der Waals surface area contributed by atoms with Crippen molar-refractivity contribution < 1.29 is 83.5 Å². The fourth-order valence-electron chi connectivity index (χ4n) is 13.9. The van der Waals surface area contributed by atoms with E-state index in [1.165, 1.54) is 37.1 Å². The normalized spacial score (nSPS) is 24.1. The molecule has 138 heavy (non-hydrogen) atoms. The highest BCUT2D eigenvalue weighted by molar-refractivity contribution is 5.89. The maximum Gasteiger partial charge on any atom is 0.338 e. The second kappa shape index (κ2) is 53.7. The Morgan fingerprint density at radius 2 is 0.812 bits per heavy atom. The zero-order valence-electron chi connectivity index (χ0n) is 91.4. The zero-order chi connectivity index (χ0) is 104. The third-order valence-electron chi connectivity index (χ3n) is 22.0. The van der Waals surface area contributed by atoms with E-state index in [0.717, 1.165) is 122 Å². The van der Waals surface area contributed by atoms with Crippen molar-refractivity contribution in [3.05, 3.63) is 70.8 Å². The first-order valence-electron chi connectivity index (χ1n) is 50.4. The number of aliphatic hydroxyl groups excluding tert-OH is 1. The Morgan fingerprint density at radius 3 is 1.22 bits per heavy atom. The lowest BCUT2D eigenvalue weighted by atomic mass is 9.80. The third-order valence-corrected chi connectivity index (χ3v) is 22.0.